The molecule has 0 saturated carbocycles. The van der Waals surface area contributed by atoms with Crippen molar-refractivity contribution < 1.29 is 4.74 Å². The summed E-state index contributed by atoms with van der Waals surface area (Å²) in [7, 11) is 3.63. The lowest BCUT2D eigenvalue weighted by Gasteiger charge is -2.00. The van der Waals surface area contributed by atoms with Crippen LogP contribution in [0.2, 0.25) is 0 Å². The van der Waals surface area contributed by atoms with E-state index in [0.29, 0.717) is 6.01 Å². The molecule has 1 aromatic carbocycles. The number of imidazole rings is 1. The van der Waals surface area contributed by atoms with E-state index in [1.54, 1.807) is 7.11 Å². The molecule has 4 nitrogen and oxygen atoms in total. The number of methoxy groups -OCH3 is 1. The average molecular weight is 291 g/mol. The van der Waals surface area contributed by atoms with Crippen molar-refractivity contribution in [3.63, 3.8) is 0 Å². The fraction of sp³-hybridized carbons (Fsp3) is 0.167. The number of pyridine rings is 1. The summed E-state index contributed by atoms with van der Waals surface area (Å²) < 4.78 is 9.45. The van der Waals surface area contributed by atoms with Gasteiger partial charge in [-0.1, -0.05) is 29.8 Å². The van der Waals surface area contributed by atoms with Gasteiger partial charge in [0, 0.05) is 25.0 Å². The molecule has 0 atom stereocenters. The fourth-order valence-corrected chi connectivity index (χ4v) is 2.95. The second-order valence-corrected chi connectivity index (χ2v) is 5.59. The Bertz CT molecular complexity index is 977. The molecule has 4 rings (SSSR count). The van der Waals surface area contributed by atoms with E-state index in [4.69, 9.17) is 4.74 Å². The molecule has 0 bridgehead atoms. The summed E-state index contributed by atoms with van der Waals surface area (Å²) in [6, 6.07) is 13.4. The SMILES string of the molecule is COc1nc2ccn3cc(-c4ccc(C)cc4)cc3c2n1C. The van der Waals surface area contributed by atoms with Crippen LogP contribution in [-0.2, 0) is 7.05 Å². The third kappa shape index (κ3) is 1.80. The van der Waals surface area contributed by atoms with Crippen LogP contribution in [0.5, 0.6) is 6.01 Å². The molecule has 0 aliphatic carbocycles. The number of aryl methyl sites for hydroxylation is 2. The minimum absolute atomic E-state index is 0.626. The molecule has 0 saturated heterocycles. The molecule has 0 N–H and O–H groups in total. The molecule has 0 amide bonds. The van der Waals surface area contributed by atoms with Gasteiger partial charge in [0.15, 0.2) is 0 Å². The highest BCUT2D eigenvalue weighted by atomic mass is 16.5. The minimum Gasteiger partial charge on any atom is -0.468 e. The van der Waals surface area contributed by atoms with Gasteiger partial charge in [0.25, 0.3) is 6.01 Å². The third-order valence-electron chi connectivity index (χ3n) is 4.13. The van der Waals surface area contributed by atoms with E-state index in [1.165, 1.54) is 16.7 Å². The molecule has 22 heavy (non-hydrogen) atoms. The van der Waals surface area contributed by atoms with Crippen LogP contribution in [0, 0.1) is 6.92 Å². The van der Waals surface area contributed by atoms with E-state index >= 15 is 0 Å². The van der Waals surface area contributed by atoms with Gasteiger partial charge in [0.05, 0.1) is 23.7 Å². The number of aromatic nitrogens is 3. The summed E-state index contributed by atoms with van der Waals surface area (Å²) in [6.45, 7) is 2.10. The molecule has 0 aliphatic heterocycles. The first-order valence-electron chi connectivity index (χ1n) is 7.25. The van der Waals surface area contributed by atoms with Crippen molar-refractivity contribution in [3.05, 3.63) is 54.4 Å². The topological polar surface area (TPSA) is 31.5 Å². The lowest BCUT2D eigenvalue weighted by Crippen LogP contribution is -1.94. The van der Waals surface area contributed by atoms with Crippen molar-refractivity contribution in [2.45, 2.75) is 6.92 Å². The average Bonchev–Trinajstić information content (AvgIpc) is 3.08. The van der Waals surface area contributed by atoms with Crippen molar-refractivity contribution in [1.82, 2.24) is 14.0 Å². The Morgan fingerprint density at radius 2 is 1.82 bits per heavy atom. The first-order chi connectivity index (χ1) is 10.7. The van der Waals surface area contributed by atoms with Crippen LogP contribution >= 0.6 is 0 Å². The van der Waals surface area contributed by atoms with E-state index in [1.807, 2.05) is 23.9 Å². The largest absolute Gasteiger partial charge is 0.468 e. The van der Waals surface area contributed by atoms with Crippen LogP contribution in [0.3, 0.4) is 0 Å². The lowest BCUT2D eigenvalue weighted by atomic mass is 10.1. The minimum atomic E-state index is 0.626. The van der Waals surface area contributed by atoms with Gasteiger partial charge in [0.2, 0.25) is 0 Å². The van der Waals surface area contributed by atoms with E-state index in [0.717, 1.165) is 16.6 Å². The molecule has 3 heterocycles. The van der Waals surface area contributed by atoms with Crippen molar-refractivity contribution >= 4 is 16.6 Å². The van der Waals surface area contributed by atoms with Crippen LogP contribution in [0.1, 0.15) is 5.56 Å². The van der Waals surface area contributed by atoms with Gasteiger partial charge in [-0.05, 0) is 24.6 Å². The van der Waals surface area contributed by atoms with E-state index in [-0.39, 0.29) is 0 Å². The maximum atomic E-state index is 5.33. The summed E-state index contributed by atoms with van der Waals surface area (Å²) in [4.78, 5) is 4.50. The quantitative estimate of drug-likeness (QED) is 0.562. The van der Waals surface area contributed by atoms with Gasteiger partial charge in [-0.2, -0.15) is 4.98 Å². The zero-order valence-electron chi connectivity index (χ0n) is 12.9. The molecule has 0 unspecified atom stereocenters. The van der Waals surface area contributed by atoms with Crippen LogP contribution in [0.25, 0.3) is 27.7 Å². The molecule has 0 aliphatic rings. The zero-order chi connectivity index (χ0) is 15.3. The maximum absolute atomic E-state index is 5.33. The summed E-state index contributed by atoms with van der Waals surface area (Å²) >= 11 is 0. The second kappa shape index (κ2) is 4.63. The van der Waals surface area contributed by atoms with Gasteiger partial charge < -0.3 is 9.14 Å². The smallest absolute Gasteiger partial charge is 0.296 e. The monoisotopic (exact) mass is 291 g/mol. The molecular weight excluding hydrogens is 274 g/mol. The lowest BCUT2D eigenvalue weighted by molar-refractivity contribution is 0.368. The Hall–Kier alpha value is -2.75. The van der Waals surface area contributed by atoms with Gasteiger partial charge in [-0.25, -0.2) is 0 Å². The summed E-state index contributed by atoms with van der Waals surface area (Å²) in [5.74, 6) is 0. The van der Waals surface area contributed by atoms with Gasteiger partial charge in [0.1, 0.15) is 0 Å². The first kappa shape index (κ1) is 13.0. The van der Waals surface area contributed by atoms with Crippen LogP contribution in [0.4, 0.5) is 0 Å². The molecule has 110 valence electrons. The van der Waals surface area contributed by atoms with Crippen molar-refractivity contribution in [3.8, 4) is 17.1 Å². The number of hydrogen-bond acceptors (Lipinski definition) is 2. The summed E-state index contributed by atoms with van der Waals surface area (Å²) in [5.41, 5.74) is 6.85. The van der Waals surface area contributed by atoms with Crippen LogP contribution < -0.4 is 4.74 Å². The number of hydrogen-bond donors (Lipinski definition) is 0. The predicted octanol–water partition coefficient (Wildman–Crippen LogP) is 3.81. The Morgan fingerprint density at radius 1 is 1.05 bits per heavy atom. The summed E-state index contributed by atoms with van der Waals surface area (Å²) in [5, 5.41) is 0. The Kier molecular flexibility index (Phi) is 2.73. The molecule has 4 aromatic rings. The van der Waals surface area contributed by atoms with Gasteiger partial charge >= 0.3 is 0 Å². The molecule has 0 fully saturated rings. The zero-order valence-corrected chi connectivity index (χ0v) is 12.9. The number of benzene rings is 1. The Morgan fingerprint density at radius 3 is 2.55 bits per heavy atom. The highest BCUT2D eigenvalue weighted by molar-refractivity contribution is 5.94. The van der Waals surface area contributed by atoms with Crippen molar-refractivity contribution in [2.24, 2.45) is 7.05 Å². The van der Waals surface area contributed by atoms with E-state index in [2.05, 4.69) is 52.8 Å². The van der Waals surface area contributed by atoms with Gasteiger partial charge in [-0.3, -0.25) is 4.57 Å². The Labute approximate surface area is 128 Å². The van der Waals surface area contributed by atoms with Crippen LogP contribution in [0.15, 0.2) is 48.8 Å². The molecular formula is C18H17N3O. The first-order valence-corrected chi connectivity index (χ1v) is 7.25. The molecule has 4 heteroatoms. The van der Waals surface area contributed by atoms with Crippen molar-refractivity contribution in [2.75, 3.05) is 7.11 Å². The number of rotatable bonds is 2. The maximum Gasteiger partial charge on any atom is 0.296 e. The summed E-state index contributed by atoms with van der Waals surface area (Å²) in [6.07, 6.45) is 4.20. The fourth-order valence-electron chi connectivity index (χ4n) is 2.95. The van der Waals surface area contributed by atoms with E-state index < -0.39 is 0 Å². The van der Waals surface area contributed by atoms with E-state index in [9.17, 15) is 0 Å². The number of ether oxygens (including phenoxy) is 1. The van der Waals surface area contributed by atoms with Crippen LogP contribution in [-0.4, -0.2) is 21.1 Å². The highest BCUT2D eigenvalue weighted by Crippen LogP contribution is 2.29. The Balaban J connectivity index is 1.98. The highest BCUT2D eigenvalue weighted by Gasteiger charge is 2.13. The normalized spacial score (nSPS) is 11.4. The standard InChI is InChI=1S/C18H17N3O/c1-12-4-6-13(7-5-12)14-10-16-17-15(8-9-21(16)11-14)19-18(22-3)20(17)2/h4-11H,1-3H3. The number of nitrogens with zero attached hydrogens (tertiary/aromatic N) is 3. The predicted molar refractivity (Wildman–Crippen MR) is 88.4 cm³/mol. The van der Waals surface area contributed by atoms with Crippen molar-refractivity contribution in [1.29, 1.82) is 0 Å². The molecule has 0 radical (unpaired) electrons. The molecule has 0 spiro atoms. The second-order valence-electron chi connectivity index (χ2n) is 5.59. The van der Waals surface area contributed by atoms with Gasteiger partial charge in [-0.15, -0.1) is 0 Å². The number of fused-ring (bicyclic) bond motifs is 3. The third-order valence-corrected chi connectivity index (χ3v) is 4.13. The molecule has 3 aromatic heterocycles.